The van der Waals surface area contributed by atoms with Crippen molar-refractivity contribution in [3.8, 4) is 0 Å². The summed E-state index contributed by atoms with van der Waals surface area (Å²) in [5, 5.41) is 4.08. The quantitative estimate of drug-likeness (QED) is 0.213. The Morgan fingerprint density at radius 2 is 1.19 bits per heavy atom. The Balaban J connectivity index is 0.000000179. The highest BCUT2D eigenvalue weighted by atomic mass is 16.6. The van der Waals surface area contributed by atoms with E-state index >= 15 is 0 Å². The SMILES string of the molecule is CC1(C)OC(=O)N(C2CCC(N)CC2)[C@H]1c1ccccc1.CC1(C)OC(=O)N(C2CCC(NC(=O)n3ccc4cccnc43)CC2)[C@H]1c1ccccc1. The Bertz CT molecular complexity index is 1900. The van der Waals surface area contributed by atoms with Crippen LogP contribution in [0.15, 0.2) is 91.3 Å². The maximum atomic E-state index is 12.8. The number of hydrogen-bond acceptors (Lipinski definition) is 7. The number of hydrogen-bond donors (Lipinski definition) is 2. The first-order chi connectivity index (χ1) is 25.4. The van der Waals surface area contributed by atoms with E-state index in [0.717, 1.165) is 67.9 Å². The number of pyridine rings is 1. The molecule has 4 aromatic rings. The Morgan fingerprint density at radius 1 is 0.698 bits per heavy atom. The van der Waals surface area contributed by atoms with Crippen LogP contribution in [0.25, 0.3) is 11.0 Å². The molecular formula is C42H52N6O5. The first-order valence-electron chi connectivity index (χ1n) is 19.0. The molecule has 2 aliphatic heterocycles. The Hall–Kier alpha value is -4.90. The van der Waals surface area contributed by atoms with Gasteiger partial charge in [0.15, 0.2) is 0 Å². The summed E-state index contributed by atoms with van der Waals surface area (Å²) < 4.78 is 13.0. The summed E-state index contributed by atoms with van der Waals surface area (Å²) in [5.41, 5.74) is 7.79. The molecule has 4 aliphatic rings. The molecule has 2 saturated carbocycles. The lowest BCUT2D eigenvalue weighted by atomic mass is 9.86. The van der Waals surface area contributed by atoms with Crippen molar-refractivity contribution in [3.63, 3.8) is 0 Å². The second-order valence-corrected chi connectivity index (χ2v) is 16.0. The molecule has 2 aromatic heterocycles. The van der Waals surface area contributed by atoms with Gasteiger partial charge in [-0.2, -0.15) is 0 Å². The fourth-order valence-electron chi connectivity index (χ4n) is 8.91. The van der Waals surface area contributed by atoms with E-state index in [1.54, 1.807) is 17.0 Å². The van der Waals surface area contributed by atoms with Crippen LogP contribution in [-0.2, 0) is 9.47 Å². The summed E-state index contributed by atoms with van der Waals surface area (Å²) in [5.74, 6) is 0. The molecule has 4 fully saturated rings. The number of carbonyl (C=O) groups is 3. The maximum absolute atomic E-state index is 12.8. The van der Waals surface area contributed by atoms with Crippen LogP contribution in [0.5, 0.6) is 0 Å². The first kappa shape index (κ1) is 36.5. The van der Waals surface area contributed by atoms with E-state index < -0.39 is 11.2 Å². The van der Waals surface area contributed by atoms with Gasteiger partial charge in [-0.1, -0.05) is 60.7 Å². The standard InChI is InChI=1S/C25H28N4O3.C17H24N2O2/c1-25(2)21(17-7-4-3-5-8-17)29(24(31)32-25)20-12-10-19(11-13-20)27-23(30)28-16-14-18-9-6-15-26-22(18)28;1-17(2)15(12-6-4-3-5-7-12)19(16(20)21-17)14-10-8-13(18)9-11-14/h3-9,14-16,19-21H,10-13H2,1-2H3,(H,27,30);3-7,13-15H,8-11,18H2,1-2H3/t19?,20?,21-;13?,14?,15-/m00/s1. The summed E-state index contributed by atoms with van der Waals surface area (Å²) in [6, 6.07) is 26.4. The molecule has 3 amide bonds. The summed E-state index contributed by atoms with van der Waals surface area (Å²) in [4.78, 5) is 46.3. The van der Waals surface area contributed by atoms with Gasteiger partial charge >= 0.3 is 18.2 Å². The van der Waals surface area contributed by atoms with Crippen molar-refractivity contribution in [2.75, 3.05) is 0 Å². The fourth-order valence-corrected chi connectivity index (χ4v) is 8.91. The highest BCUT2D eigenvalue weighted by Gasteiger charge is 2.52. The Labute approximate surface area is 311 Å². The zero-order chi connectivity index (χ0) is 37.3. The largest absolute Gasteiger partial charge is 0.441 e. The summed E-state index contributed by atoms with van der Waals surface area (Å²) in [6.45, 7) is 7.95. The van der Waals surface area contributed by atoms with Gasteiger partial charge in [-0.25, -0.2) is 19.4 Å². The van der Waals surface area contributed by atoms with Crippen LogP contribution in [0.3, 0.4) is 0 Å². The van der Waals surface area contributed by atoms with Gasteiger partial charge in [0.05, 0.1) is 12.1 Å². The van der Waals surface area contributed by atoms with E-state index in [1.165, 1.54) is 0 Å². The predicted octanol–water partition coefficient (Wildman–Crippen LogP) is 8.11. The molecule has 53 heavy (non-hydrogen) atoms. The van der Waals surface area contributed by atoms with E-state index in [2.05, 4.69) is 34.6 Å². The van der Waals surface area contributed by atoms with E-state index in [9.17, 15) is 14.4 Å². The van der Waals surface area contributed by atoms with Crippen molar-refractivity contribution in [1.29, 1.82) is 0 Å². The number of amides is 3. The Kier molecular flexibility index (Phi) is 10.2. The topological polar surface area (TPSA) is 132 Å². The van der Waals surface area contributed by atoms with Gasteiger partial charge in [0.1, 0.15) is 16.8 Å². The van der Waals surface area contributed by atoms with E-state index in [1.807, 2.05) is 92.1 Å². The molecule has 280 valence electrons. The summed E-state index contributed by atoms with van der Waals surface area (Å²) >= 11 is 0. The van der Waals surface area contributed by atoms with Crippen LogP contribution in [0, 0.1) is 0 Å². The van der Waals surface area contributed by atoms with E-state index in [4.69, 9.17) is 15.2 Å². The maximum Gasteiger partial charge on any atom is 0.411 e. The van der Waals surface area contributed by atoms with Gasteiger partial charge in [-0.3, -0.25) is 14.4 Å². The van der Waals surface area contributed by atoms with Crippen molar-refractivity contribution >= 4 is 29.3 Å². The zero-order valence-corrected chi connectivity index (χ0v) is 31.2. The minimum Gasteiger partial charge on any atom is -0.441 e. The number of nitrogens with one attached hydrogen (secondary N) is 1. The summed E-state index contributed by atoms with van der Waals surface area (Å²) in [7, 11) is 0. The number of benzene rings is 2. The minimum absolute atomic E-state index is 0.0227. The summed E-state index contributed by atoms with van der Waals surface area (Å²) in [6.07, 6.45) is 10.2. The lowest BCUT2D eigenvalue weighted by Gasteiger charge is -2.38. The molecule has 0 unspecified atom stereocenters. The third kappa shape index (κ3) is 7.49. The number of ether oxygens (including phenoxy) is 2. The highest BCUT2D eigenvalue weighted by molar-refractivity contribution is 5.89. The van der Waals surface area contributed by atoms with Crippen molar-refractivity contribution < 1.29 is 23.9 Å². The third-order valence-electron chi connectivity index (χ3n) is 11.4. The lowest BCUT2D eigenvalue weighted by molar-refractivity contribution is 0.0656. The number of cyclic esters (lactones) is 2. The predicted molar refractivity (Wildman–Crippen MR) is 203 cm³/mol. The normalized spacial score (nSPS) is 27.8. The minimum atomic E-state index is -0.591. The molecule has 3 N–H and O–H groups in total. The van der Waals surface area contributed by atoms with E-state index in [-0.39, 0.29) is 54.5 Å². The molecule has 8 rings (SSSR count). The number of aromatic nitrogens is 2. The lowest BCUT2D eigenvalue weighted by Crippen LogP contribution is -2.46. The van der Waals surface area contributed by atoms with Gasteiger partial charge in [-0.05, 0) is 108 Å². The van der Waals surface area contributed by atoms with Crippen LogP contribution >= 0.6 is 0 Å². The highest BCUT2D eigenvalue weighted by Crippen LogP contribution is 2.46. The van der Waals surface area contributed by atoms with Gasteiger partial charge in [0.25, 0.3) is 0 Å². The van der Waals surface area contributed by atoms with Gasteiger partial charge in [-0.15, -0.1) is 0 Å². The number of nitrogens with two attached hydrogens (primary N) is 1. The van der Waals surface area contributed by atoms with Gasteiger partial charge in [0.2, 0.25) is 0 Å². The molecular weight excluding hydrogens is 668 g/mol. The number of rotatable bonds is 5. The number of nitrogens with zero attached hydrogens (tertiary/aromatic N) is 4. The number of fused-ring (bicyclic) bond motifs is 1. The third-order valence-corrected chi connectivity index (χ3v) is 11.4. The van der Waals surface area contributed by atoms with Crippen molar-refractivity contribution in [3.05, 3.63) is 102 Å². The average molecular weight is 721 g/mol. The zero-order valence-electron chi connectivity index (χ0n) is 31.2. The van der Waals surface area contributed by atoms with Crippen LogP contribution in [0.4, 0.5) is 14.4 Å². The monoisotopic (exact) mass is 720 g/mol. The smallest absolute Gasteiger partial charge is 0.411 e. The van der Waals surface area contributed by atoms with Gasteiger partial charge in [0, 0.05) is 41.9 Å². The average Bonchev–Trinajstić information content (AvgIpc) is 3.77. The molecule has 2 aromatic carbocycles. The van der Waals surface area contributed by atoms with Crippen molar-refractivity contribution in [1.82, 2.24) is 24.7 Å². The molecule has 11 nitrogen and oxygen atoms in total. The molecule has 0 bridgehead atoms. The van der Waals surface area contributed by atoms with Crippen LogP contribution in [0.1, 0.15) is 102 Å². The molecule has 0 radical (unpaired) electrons. The number of carbonyl (C=O) groups excluding carboxylic acids is 3. The molecule has 4 heterocycles. The molecule has 2 aliphatic carbocycles. The molecule has 2 saturated heterocycles. The fraction of sp³-hybridized carbons (Fsp3) is 0.476. The second kappa shape index (κ2) is 14.9. The van der Waals surface area contributed by atoms with Crippen molar-refractivity contribution in [2.24, 2.45) is 5.73 Å². The van der Waals surface area contributed by atoms with Crippen molar-refractivity contribution in [2.45, 2.75) is 127 Å². The second-order valence-electron chi connectivity index (χ2n) is 16.0. The molecule has 0 spiro atoms. The van der Waals surface area contributed by atoms with Crippen LogP contribution < -0.4 is 11.1 Å². The molecule has 11 heteroatoms. The van der Waals surface area contributed by atoms with Crippen LogP contribution in [-0.4, -0.2) is 72.9 Å². The Morgan fingerprint density at radius 3 is 1.70 bits per heavy atom. The van der Waals surface area contributed by atoms with E-state index in [0.29, 0.717) is 5.65 Å². The van der Waals surface area contributed by atoms with Gasteiger partial charge < -0.3 is 20.5 Å². The molecule has 2 atom stereocenters. The first-order valence-corrected chi connectivity index (χ1v) is 19.0. The van der Waals surface area contributed by atoms with Crippen LogP contribution in [0.2, 0.25) is 0 Å².